The smallest absolute Gasteiger partial charge is 0.213 e. The molecule has 1 heterocycles. The van der Waals surface area contributed by atoms with E-state index in [-0.39, 0.29) is 24.4 Å². The molecule has 0 bridgehead atoms. The van der Waals surface area contributed by atoms with Gasteiger partial charge in [0, 0.05) is 25.7 Å². The second-order valence-corrected chi connectivity index (χ2v) is 8.52. The highest BCUT2D eigenvalue weighted by Crippen LogP contribution is 2.11. The van der Waals surface area contributed by atoms with Crippen molar-refractivity contribution >= 4 is 16.0 Å². The fourth-order valence-corrected chi connectivity index (χ4v) is 3.16. The van der Waals surface area contributed by atoms with Crippen molar-refractivity contribution in [2.75, 3.05) is 32.0 Å². The maximum Gasteiger partial charge on any atom is 0.213 e. The Bertz CT molecular complexity index is 474. The maximum atomic E-state index is 12.1. The average Bonchev–Trinajstić information content (AvgIpc) is 2.54. The highest BCUT2D eigenvalue weighted by molar-refractivity contribution is 7.89. The average molecular weight is 363 g/mol. The number of guanidine groups is 1. The summed E-state index contributed by atoms with van der Waals surface area (Å²) in [7, 11) is -3.33. The molecular formula is C16H34N4O3S. The van der Waals surface area contributed by atoms with E-state index in [4.69, 9.17) is 4.74 Å². The molecule has 0 aromatic carbocycles. The summed E-state index contributed by atoms with van der Waals surface area (Å²) in [6, 6.07) is 0.265. The predicted octanol–water partition coefficient (Wildman–Crippen LogP) is 1.07. The van der Waals surface area contributed by atoms with Crippen LogP contribution in [0.1, 0.15) is 47.0 Å². The summed E-state index contributed by atoms with van der Waals surface area (Å²) in [4.78, 5) is 4.36. The topological polar surface area (TPSA) is 91.8 Å². The zero-order valence-corrected chi connectivity index (χ0v) is 16.3. The Morgan fingerprint density at radius 3 is 2.62 bits per heavy atom. The molecule has 2 atom stereocenters. The zero-order valence-electron chi connectivity index (χ0n) is 15.5. The second-order valence-electron chi connectivity index (χ2n) is 6.59. The van der Waals surface area contributed by atoms with Crippen molar-refractivity contribution in [1.82, 2.24) is 15.4 Å². The van der Waals surface area contributed by atoms with Gasteiger partial charge in [-0.3, -0.25) is 4.99 Å². The molecule has 0 aromatic rings. The van der Waals surface area contributed by atoms with Crippen LogP contribution in [0.3, 0.4) is 0 Å². The molecule has 3 N–H and O–H groups in total. The van der Waals surface area contributed by atoms with Gasteiger partial charge < -0.3 is 15.4 Å². The molecule has 7 nitrogen and oxygen atoms in total. The van der Waals surface area contributed by atoms with E-state index in [1.807, 2.05) is 6.92 Å². The van der Waals surface area contributed by atoms with E-state index in [1.165, 1.54) is 0 Å². The van der Waals surface area contributed by atoms with Gasteiger partial charge in [-0.25, -0.2) is 13.1 Å². The summed E-state index contributed by atoms with van der Waals surface area (Å²) in [6.45, 7) is 10.4. The highest BCUT2D eigenvalue weighted by atomic mass is 32.2. The SMILES string of the molecule is CCNC(=NCCS(=O)(=O)NCC1CCCCO1)NC(C)C(C)C. The summed E-state index contributed by atoms with van der Waals surface area (Å²) in [5.41, 5.74) is 0. The lowest BCUT2D eigenvalue weighted by atomic mass is 10.1. The van der Waals surface area contributed by atoms with E-state index in [0.29, 0.717) is 18.4 Å². The first kappa shape index (κ1) is 21.2. The van der Waals surface area contributed by atoms with Gasteiger partial charge in [0.2, 0.25) is 10.0 Å². The fourth-order valence-electron chi connectivity index (χ4n) is 2.24. The van der Waals surface area contributed by atoms with E-state index in [2.05, 4.69) is 41.1 Å². The Kier molecular flexibility index (Phi) is 9.61. The number of ether oxygens (including phenoxy) is 1. The summed E-state index contributed by atoms with van der Waals surface area (Å²) in [6.07, 6.45) is 3.08. The van der Waals surface area contributed by atoms with Gasteiger partial charge in [0.05, 0.1) is 18.4 Å². The largest absolute Gasteiger partial charge is 0.377 e. The maximum absolute atomic E-state index is 12.1. The Hall–Kier alpha value is -0.860. The molecule has 1 rings (SSSR count). The van der Waals surface area contributed by atoms with Crippen molar-refractivity contribution in [3.8, 4) is 0 Å². The Morgan fingerprint density at radius 1 is 1.29 bits per heavy atom. The van der Waals surface area contributed by atoms with Gasteiger partial charge in [0.15, 0.2) is 5.96 Å². The number of rotatable bonds is 9. The Labute approximate surface area is 147 Å². The molecule has 142 valence electrons. The predicted molar refractivity (Wildman–Crippen MR) is 98.8 cm³/mol. The van der Waals surface area contributed by atoms with Crippen LogP contribution in [0.25, 0.3) is 0 Å². The monoisotopic (exact) mass is 362 g/mol. The molecule has 8 heteroatoms. The first-order chi connectivity index (χ1) is 11.3. The molecule has 0 aliphatic carbocycles. The van der Waals surface area contributed by atoms with Crippen LogP contribution in [0.4, 0.5) is 0 Å². The molecule has 2 unspecified atom stereocenters. The van der Waals surface area contributed by atoms with E-state index >= 15 is 0 Å². The minimum atomic E-state index is -3.33. The molecule has 1 fully saturated rings. The summed E-state index contributed by atoms with van der Waals surface area (Å²) < 4.78 is 32.3. The van der Waals surface area contributed by atoms with Crippen molar-refractivity contribution in [2.24, 2.45) is 10.9 Å². The quantitative estimate of drug-likeness (QED) is 0.422. The first-order valence-electron chi connectivity index (χ1n) is 8.98. The van der Waals surface area contributed by atoms with E-state index in [0.717, 1.165) is 32.4 Å². The third kappa shape index (κ3) is 8.84. The number of hydrogen-bond donors (Lipinski definition) is 3. The lowest BCUT2D eigenvalue weighted by Gasteiger charge is -2.22. The summed E-state index contributed by atoms with van der Waals surface area (Å²) in [5, 5.41) is 6.43. The third-order valence-corrected chi connectivity index (χ3v) is 5.47. The van der Waals surface area contributed by atoms with Crippen LogP contribution >= 0.6 is 0 Å². The molecule has 1 saturated heterocycles. The lowest BCUT2D eigenvalue weighted by molar-refractivity contribution is 0.0200. The normalized spacial score (nSPS) is 20.9. The van der Waals surface area contributed by atoms with Crippen molar-refractivity contribution in [3.63, 3.8) is 0 Å². The van der Waals surface area contributed by atoms with Gasteiger partial charge in [-0.1, -0.05) is 13.8 Å². The van der Waals surface area contributed by atoms with E-state index in [9.17, 15) is 8.42 Å². The van der Waals surface area contributed by atoms with Gasteiger partial charge in [-0.15, -0.1) is 0 Å². The molecule has 1 aliphatic rings. The number of nitrogens with zero attached hydrogens (tertiary/aromatic N) is 1. The lowest BCUT2D eigenvalue weighted by Crippen LogP contribution is -2.44. The van der Waals surface area contributed by atoms with Gasteiger partial charge in [0.1, 0.15) is 0 Å². The standard InChI is InChI=1S/C16H34N4O3S/c1-5-17-16(20-14(4)13(2)3)18-9-11-24(21,22)19-12-15-8-6-7-10-23-15/h13-15,19H,5-12H2,1-4H3,(H2,17,18,20). The molecule has 0 amide bonds. The highest BCUT2D eigenvalue weighted by Gasteiger charge is 2.17. The molecule has 24 heavy (non-hydrogen) atoms. The van der Waals surface area contributed by atoms with Crippen molar-refractivity contribution < 1.29 is 13.2 Å². The first-order valence-corrected chi connectivity index (χ1v) is 10.6. The summed E-state index contributed by atoms with van der Waals surface area (Å²) >= 11 is 0. The Morgan fingerprint density at radius 2 is 2.04 bits per heavy atom. The summed E-state index contributed by atoms with van der Waals surface area (Å²) in [5.74, 6) is 1.10. The van der Waals surface area contributed by atoms with Crippen molar-refractivity contribution in [1.29, 1.82) is 0 Å². The molecule has 0 saturated carbocycles. The van der Waals surface area contributed by atoms with Crippen LogP contribution < -0.4 is 15.4 Å². The molecular weight excluding hydrogens is 328 g/mol. The zero-order chi connectivity index (χ0) is 18.0. The van der Waals surface area contributed by atoms with E-state index in [1.54, 1.807) is 0 Å². The van der Waals surface area contributed by atoms with Crippen LogP contribution in [0.5, 0.6) is 0 Å². The van der Waals surface area contributed by atoms with Crippen molar-refractivity contribution in [2.45, 2.75) is 59.1 Å². The number of aliphatic imine (C=N–C) groups is 1. The fraction of sp³-hybridized carbons (Fsp3) is 0.938. The minimum Gasteiger partial charge on any atom is -0.377 e. The van der Waals surface area contributed by atoms with Crippen LogP contribution in [0, 0.1) is 5.92 Å². The Balaban J connectivity index is 2.41. The van der Waals surface area contributed by atoms with Gasteiger partial charge >= 0.3 is 0 Å². The number of hydrogen-bond acceptors (Lipinski definition) is 4. The molecule has 0 radical (unpaired) electrons. The second kappa shape index (κ2) is 10.9. The molecule has 0 aromatic heterocycles. The van der Waals surface area contributed by atoms with Crippen LogP contribution in [0.2, 0.25) is 0 Å². The van der Waals surface area contributed by atoms with Crippen LogP contribution in [0.15, 0.2) is 4.99 Å². The molecule has 0 spiro atoms. The van der Waals surface area contributed by atoms with Crippen molar-refractivity contribution in [3.05, 3.63) is 0 Å². The van der Waals surface area contributed by atoms with E-state index < -0.39 is 10.0 Å². The third-order valence-electron chi connectivity index (χ3n) is 4.14. The van der Waals surface area contributed by atoms with Gasteiger partial charge in [-0.2, -0.15) is 0 Å². The number of nitrogens with one attached hydrogen (secondary N) is 3. The molecule has 1 aliphatic heterocycles. The van der Waals surface area contributed by atoms with Crippen LogP contribution in [-0.4, -0.2) is 58.5 Å². The van der Waals surface area contributed by atoms with Gasteiger partial charge in [0.25, 0.3) is 0 Å². The van der Waals surface area contributed by atoms with Crippen LogP contribution in [-0.2, 0) is 14.8 Å². The van der Waals surface area contributed by atoms with Gasteiger partial charge in [-0.05, 0) is 39.0 Å². The minimum absolute atomic E-state index is 0.00269. The number of sulfonamides is 1.